The molecule has 0 spiro atoms. The molecule has 0 saturated carbocycles. The van der Waals surface area contributed by atoms with Crippen molar-refractivity contribution in [1.82, 2.24) is 9.36 Å². The monoisotopic (exact) mass is 485 g/mol. The summed E-state index contributed by atoms with van der Waals surface area (Å²) in [4.78, 5) is 20.7. The molecule has 2 N–H and O–H groups in total. The van der Waals surface area contributed by atoms with E-state index in [-0.39, 0.29) is 10.2 Å². The number of nitrogens with zero attached hydrogens (tertiary/aromatic N) is 4. The Morgan fingerprint density at radius 1 is 1.03 bits per heavy atom. The largest absolute Gasteiger partial charge is 0.330 e. The number of hydrogen-bond acceptors (Lipinski definition) is 7. The van der Waals surface area contributed by atoms with Gasteiger partial charge in [0.15, 0.2) is 9.34 Å². The molecular formula is C21H19N5O3S3. The van der Waals surface area contributed by atoms with Gasteiger partial charge in [0.1, 0.15) is 0 Å². The lowest BCUT2D eigenvalue weighted by molar-refractivity contribution is 0.248. The van der Waals surface area contributed by atoms with E-state index >= 15 is 0 Å². The van der Waals surface area contributed by atoms with Crippen molar-refractivity contribution in [2.45, 2.75) is 17.6 Å². The lowest BCUT2D eigenvalue weighted by Gasteiger charge is -2.34. The summed E-state index contributed by atoms with van der Waals surface area (Å²) in [5.74, 6) is 0. The van der Waals surface area contributed by atoms with Crippen molar-refractivity contribution in [3.8, 4) is 11.3 Å². The molecule has 164 valence electrons. The lowest BCUT2D eigenvalue weighted by Crippen LogP contribution is -2.49. The van der Waals surface area contributed by atoms with Gasteiger partial charge >= 0.3 is 6.03 Å². The van der Waals surface area contributed by atoms with Crippen LogP contribution in [-0.4, -0.2) is 36.9 Å². The molecule has 0 atom stereocenters. The number of fused-ring (bicyclic) bond motifs is 1. The third-order valence-corrected chi connectivity index (χ3v) is 8.85. The summed E-state index contributed by atoms with van der Waals surface area (Å²) in [6.45, 7) is 2.61. The van der Waals surface area contributed by atoms with E-state index in [0.717, 1.165) is 44.8 Å². The normalized spacial score (nSPS) is 15.0. The fraction of sp³-hybridized carbons (Fsp3) is 0.190. The molecule has 5 rings (SSSR count). The molecule has 1 aliphatic rings. The van der Waals surface area contributed by atoms with E-state index in [2.05, 4.69) is 15.4 Å². The first-order valence-corrected chi connectivity index (χ1v) is 13.0. The first-order chi connectivity index (χ1) is 15.3. The van der Waals surface area contributed by atoms with Crippen LogP contribution in [0.1, 0.15) is 12.1 Å². The minimum absolute atomic E-state index is 0.0164. The number of urea groups is 1. The molecule has 1 aliphatic heterocycles. The number of aryl methyl sites for hydroxylation is 1. The highest BCUT2D eigenvalue weighted by Gasteiger charge is 2.31. The van der Waals surface area contributed by atoms with Crippen molar-refractivity contribution in [2.24, 2.45) is 5.14 Å². The molecule has 0 aliphatic carbocycles. The van der Waals surface area contributed by atoms with Gasteiger partial charge in [-0.1, -0.05) is 41.7 Å². The summed E-state index contributed by atoms with van der Waals surface area (Å²) in [7, 11) is -3.88. The number of thiazole rings is 1. The van der Waals surface area contributed by atoms with E-state index in [1.165, 1.54) is 16.4 Å². The molecule has 4 aromatic rings. The number of nitrogens with two attached hydrogens (primary N) is 1. The number of carbonyl (C=O) groups is 1. The quantitative estimate of drug-likeness (QED) is 0.466. The Morgan fingerprint density at radius 3 is 2.47 bits per heavy atom. The molecule has 1 fully saturated rings. The maximum atomic E-state index is 13.2. The summed E-state index contributed by atoms with van der Waals surface area (Å²) in [6.07, 6.45) is 0.730. The van der Waals surface area contributed by atoms with Gasteiger partial charge in [-0.15, -0.1) is 0 Å². The Hall–Kier alpha value is -2.86. The zero-order valence-corrected chi connectivity index (χ0v) is 19.5. The Kier molecular flexibility index (Phi) is 5.20. The molecule has 0 bridgehead atoms. The van der Waals surface area contributed by atoms with E-state index in [0.29, 0.717) is 23.9 Å². The number of primary sulfonamides is 1. The number of carbonyl (C=O) groups excluding carboxylic acids is 1. The molecule has 2 aromatic heterocycles. The maximum absolute atomic E-state index is 13.2. The van der Waals surface area contributed by atoms with Crippen LogP contribution in [0.15, 0.2) is 52.7 Å². The molecule has 8 nitrogen and oxygen atoms in total. The van der Waals surface area contributed by atoms with Crippen LogP contribution in [0.25, 0.3) is 21.3 Å². The summed E-state index contributed by atoms with van der Waals surface area (Å²) < 4.78 is 29.2. The Morgan fingerprint density at radius 2 is 1.75 bits per heavy atom. The van der Waals surface area contributed by atoms with Crippen molar-refractivity contribution in [1.29, 1.82) is 0 Å². The number of benzene rings is 2. The van der Waals surface area contributed by atoms with Gasteiger partial charge < -0.3 is 0 Å². The molecule has 0 unspecified atom stereocenters. The Balaban J connectivity index is 1.42. The van der Waals surface area contributed by atoms with Gasteiger partial charge in [-0.05, 0) is 43.1 Å². The molecule has 11 heteroatoms. The van der Waals surface area contributed by atoms with Gasteiger partial charge in [0.25, 0.3) is 0 Å². The van der Waals surface area contributed by atoms with Crippen molar-refractivity contribution in [3.63, 3.8) is 0 Å². The number of amides is 2. The number of anilines is 2. The van der Waals surface area contributed by atoms with Crippen LogP contribution >= 0.6 is 22.9 Å². The number of aromatic nitrogens is 2. The SMILES string of the molecule is Cc1nc(N2CCCN(c3ccc(-c4nsc5ccccc45)cc3)C2=O)sc1S(N)(=O)=O. The molecule has 2 aromatic carbocycles. The summed E-state index contributed by atoms with van der Waals surface area (Å²) in [5.41, 5.74) is 2.98. The van der Waals surface area contributed by atoms with Crippen molar-refractivity contribution in [3.05, 3.63) is 54.2 Å². The van der Waals surface area contributed by atoms with Gasteiger partial charge in [0.05, 0.1) is 16.1 Å². The molecule has 2 amide bonds. The van der Waals surface area contributed by atoms with Gasteiger partial charge in [-0.3, -0.25) is 9.80 Å². The first-order valence-electron chi connectivity index (χ1n) is 9.87. The lowest BCUT2D eigenvalue weighted by atomic mass is 10.1. The maximum Gasteiger partial charge on any atom is 0.330 e. The van der Waals surface area contributed by atoms with Gasteiger partial charge in [0.2, 0.25) is 10.0 Å². The topological polar surface area (TPSA) is 109 Å². The minimum atomic E-state index is -3.88. The van der Waals surface area contributed by atoms with Crippen LogP contribution < -0.4 is 14.9 Å². The number of sulfonamides is 1. The Bertz CT molecular complexity index is 1430. The number of rotatable bonds is 4. The molecular weight excluding hydrogens is 466 g/mol. The number of hydrogen-bond donors (Lipinski definition) is 1. The summed E-state index contributed by atoms with van der Waals surface area (Å²) in [6, 6.07) is 15.6. The zero-order valence-electron chi connectivity index (χ0n) is 17.1. The van der Waals surface area contributed by atoms with Crippen LogP contribution in [0.2, 0.25) is 0 Å². The van der Waals surface area contributed by atoms with E-state index < -0.39 is 10.0 Å². The summed E-state index contributed by atoms with van der Waals surface area (Å²) in [5, 5.41) is 6.71. The second-order valence-corrected chi connectivity index (χ2v) is 11.0. The highest BCUT2D eigenvalue weighted by Crippen LogP contribution is 2.34. The fourth-order valence-corrected chi connectivity index (χ4v) is 6.55. The highest BCUT2D eigenvalue weighted by atomic mass is 32.2. The molecule has 0 radical (unpaired) electrons. The molecule has 32 heavy (non-hydrogen) atoms. The van der Waals surface area contributed by atoms with Crippen LogP contribution in [0, 0.1) is 6.92 Å². The Labute approximate surface area is 193 Å². The summed E-state index contributed by atoms with van der Waals surface area (Å²) >= 11 is 2.39. The van der Waals surface area contributed by atoms with E-state index in [1.807, 2.05) is 42.5 Å². The van der Waals surface area contributed by atoms with Crippen molar-refractivity contribution in [2.75, 3.05) is 22.9 Å². The van der Waals surface area contributed by atoms with Crippen molar-refractivity contribution < 1.29 is 13.2 Å². The van der Waals surface area contributed by atoms with Gasteiger partial charge in [0, 0.05) is 29.7 Å². The third-order valence-electron chi connectivity index (χ3n) is 5.29. The second kappa shape index (κ2) is 7.93. The highest BCUT2D eigenvalue weighted by molar-refractivity contribution is 7.91. The van der Waals surface area contributed by atoms with Crippen LogP contribution in [0.5, 0.6) is 0 Å². The van der Waals surface area contributed by atoms with Crippen LogP contribution in [-0.2, 0) is 10.0 Å². The van der Waals surface area contributed by atoms with E-state index in [9.17, 15) is 13.2 Å². The average Bonchev–Trinajstić information content (AvgIpc) is 3.38. The van der Waals surface area contributed by atoms with E-state index in [4.69, 9.17) is 5.14 Å². The predicted molar refractivity (Wildman–Crippen MR) is 128 cm³/mol. The standard InChI is InChI=1S/C21H19N5O3S3/c1-13-19(32(22,28)29)30-20(23-13)26-12-4-11-25(21(26)27)15-9-7-14(8-10-15)18-16-5-2-3-6-17(16)31-24-18/h2-3,5-10H,4,11-12H2,1H3,(H2,22,28,29). The molecule has 3 heterocycles. The predicted octanol–water partition coefficient (Wildman–Crippen LogP) is 4.21. The smallest absolute Gasteiger partial charge is 0.294 e. The van der Waals surface area contributed by atoms with Crippen molar-refractivity contribution >= 4 is 59.8 Å². The van der Waals surface area contributed by atoms with Crippen LogP contribution in [0.3, 0.4) is 0 Å². The zero-order chi connectivity index (χ0) is 22.5. The molecule has 1 saturated heterocycles. The fourth-order valence-electron chi connectivity index (χ4n) is 3.78. The average molecular weight is 486 g/mol. The third kappa shape index (κ3) is 3.66. The second-order valence-electron chi connectivity index (χ2n) is 7.43. The van der Waals surface area contributed by atoms with Gasteiger partial charge in [-0.25, -0.2) is 23.3 Å². The van der Waals surface area contributed by atoms with Crippen LogP contribution in [0.4, 0.5) is 15.6 Å². The first kappa shape index (κ1) is 21.0. The minimum Gasteiger partial charge on any atom is -0.294 e. The van der Waals surface area contributed by atoms with Gasteiger partial charge in [-0.2, -0.15) is 4.37 Å². The van der Waals surface area contributed by atoms with E-state index in [1.54, 1.807) is 11.8 Å².